The minimum absolute atomic E-state index is 0.0770. The average Bonchev–Trinajstić information content (AvgIpc) is 2.78. The van der Waals surface area contributed by atoms with Crippen LogP contribution in [-0.4, -0.2) is 36.3 Å². The van der Waals surface area contributed by atoms with Gasteiger partial charge in [-0.3, -0.25) is 4.90 Å². The lowest BCUT2D eigenvalue weighted by atomic mass is 10.0. The topological polar surface area (TPSA) is 51.1 Å². The SMILES string of the molecule is CCOC(=O)C1=NOC(C)(c2ccc(F)cc2)N1CC(F)F. The van der Waals surface area contributed by atoms with Gasteiger partial charge in [-0.25, -0.2) is 18.0 Å². The summed E-state index contributed by atoms with van der Waals surface area (Å²) in [5.41, 5.74) is -1.05. The van der Waals surface area contributed by atoms with Gasteiger partial charge in [0.15, 0.2) is 0 Å². The van der Waals surface area contributed by atoms with Crippen LogP contribution in [0.15, 0.2) is 29.4 Å². The molecule has 1 heterocycles. The third-order valence-electron chi connectivity index (χ3n) is 3.24. The van der Waals surface area contributed by atoms with Crippen LogP contribution in [0.2, 0.25) is 0 Å². The summed E-state index contributed by atoms with van der Waals surface area (Å²) in [6.07, 6.45) is -2.72. The Hall–Kier alpha value is -2.25. The minimum Gasteiger partial charge on any atom is -0.460 e. The summed E-state index contributed by atoms with van der Waals surface area (Å²) in [6, 6.07) is 5.12. The zero-order chi connectivity index (χ0) is 16.3. The largest absolute Gasteiger partial charge is 0.460 e. The Morgan fingerprint density at radius 2 is 2.05 bits per heavy atom. The van der Waals surface area contributed by atoms with E-state index in [0.29, 0.717) is 5.56 Å². The van der Waals surface area contributed by atoms with Crippen LogP contribution in [0.25, 0.3) is 0 Å². The van der Waals surface area contributed by atoms with Crippen LogP contribution in [0.3, 0.4) is 0 Å². The first kappa shape index (κ1) is 16.1. The van der Waals surface area contributed by atoms with Gasteiger partial charge in [0.05, 0.1) is 13.2 Å². The average molecular weight is 316 g/mol. The summed E-state index contributed by atoms with van der Waals surface area (Å²) in [5.74, 6) is -1.67. The maximum atomic E-state index is 13.0. The number of nitrogens with zero attached hydrogens (tertiary/aromatic N) is 2. The Morgan fingerprint density at radius 3 is 2.59 bits per heavy atom. The molecule has 0 saturated carbocycles. The number of carbonyl (C=O) groups excluding carboxylic acids is 1. The summed E-state index contributed by atoms with van der Waals surface area (Å²) in [7, 11) is 0. The Kier molecular flexibility index (Phi) is 4.58. The molecule has 0 spiro atoms. The molecule has 1 aromatic carbocycles. The summed E-state index contributed by atoms with van der Waals surface area (Å²) in [6.45, 7) is 2.36. The fourth-order valence-corrected chi connectivity index (χ4v) is 2.14. The van der Waals surface area contributed by atoms with Gasteiger partial charge in [0.25, 0.3) is 12.3 Å². The first-order valence-corrected chi connectivity index (χ1v) is 6.63. The van der Waals surface area contributed by atoms with Gasteiger partial charge in [-0.15, -0.1) is 0 Å². The second-order valence-corrected chi connectivity index (χ2v) is 4.72. The zero-order valence-corrected chi connectivity index (χ0v) is 12.1. The number of benzene rings is 1. The third kappa shape index (κ3) is 3.00. The Morgan fingerprint density at radius 1 is 1.41 bits per heavy atom. The molecule has 0 radical (unpaired) electrons. The number of alkyl halides is 2. The Bertz CT molecular complexity index is 577. The Balaban J connectivity index is 2.35. The lowest BCUT2D eigenvalue weighted by Crippen LogP contribution is -2.48. The van der Waals surface area contributed by atoms with E-state index in [2.05, 4.69) is 5.16 Å². The molecule has 5 nitrogen and oxygen atoms in total. The van der Waals surface area contributed by atoms with Crippen molar-refractivity contribution in [3.05, 3.63) is 35.6 Å². The van der Waals surface area contributed by atoms with Gasteiger partial charge in [0, 0.05) is 12.5 Å². The summed E-state index contributed by atoms with van der Waals surface area (Å²) in [5, 5.41) is 3.58. The molecule has 0 aromatic heterocycles. The summed E-state index contributed by atoms with van der Waals surface area (Å²) in [4.78, 5) is 18.1. The first-order valence-electron chi connectivity index (χ1n) is 6.63. The highest BCUT2D eigenvalue weighted by atomic mass is 19.3. The van der Waals surface area contributed by atoms with Crippen molar-refractivity contribution in [2.75, 3.05) is 13.2 Å². The molecule has 0 amide bonds. The van der Waals surface area contributed by atoms with Crippen molar-refractivity contribution in [2.45, 2.75) is 26.0 Å². The van der Waals surface area contributed by atoms with E-state index < -0.39 is 30.5 Å². The van der Waals surface area contributed by atoms with Gasteiger partial charge in [-0.1, -0.05) is 17.3 Å². The van der Waals surface area contributed by atoms with E-state index in [9.17, 15) is 18.0 Å². The fraction of sp³-hybridized carbons (Fsp3) is 0.429. The molecule has 22 heavy (non-hydrogen) atoms. The molecule has 1 aliphatic heterocycles. The molecule has 0 N–H and O–H groups in total. The maximum Gasteiger partial charge on any atom is 0.377 e. The number of hydrogen-bond donors (Lipinski definition) is 0. The van der Waals surface area contributed by atoms with Gasteiger partial charge in [-0.05, 0) is 19.1 Å². The van der Waals surface area contributed by atoms with E-state index in [0.717, 1.165) is 4.90 Å². The van der Waals surface area contributed by atoms with Gasteiger partial charge in [0.1, 0.15) is 5.82 Å². The molecule has 1 aliphatic rings. The van der Waals surface area contributed by atoms with Crippen molar-refractivity contribution >= 4 is 11.8 Å². The number of hydrogen-bond acceptors (Lipinski definition) is 5. The molecule has 1 unspecified atom stereocenters. The smallest absolute Gasteiger partial charge is 0.377 e. The lowest BCUT2D eigenvalue weighted by molar-refractivity contribution is -0.137. The predicted octanol–water partition coefficient (Wildman–Crippen LogP) is 2.47. The highest BCUT2D eigenvalue weighted by Crippen LogP contribution is 2.35. The van der Waals surface area contributed by atoms with Gasteiger partial charge in [-0.2, -0.15) is 0 Å². The number of ether oxygens (including phenoxy) is 1. The minimum atomic E-state index is -2.72. The second-order valence-electron chi connectivity index (χ2n) is 4.72. The molecule has 8 heteroatoms. The van der Waals surface area contributed by atoms with Crippen molar-refractivity contribution in [1.29, 1.82) is 0 Å². The van der Waals surface area contributed by atoms with Crippen LogP contribution in [0.4, 0.5) is 13.2 Å². The van der Waals surface area contributed by atoms with Gasteiger partial charge >= 0.3 is 5.97 Å². The highest BCUT2D eigenvalue weighted by molar-refractivity contribution is 6.35. The van der Waals surface area contributed by atoms with Crippen molar-refractivity contribution in [2.24, 2.45) is 5.16 Å². The molecular formula is C14H15F3N2O3. The molecule has 0 saturated heterocycles. The van der Waals surface area contributed by atoms with Gasteiger partial charge < -0.3 is 9.57 Å². The number of oxime groups is 1. The number of carbonyl (C=O) groups is 1. The van der Waals surface area contributed by atoms with Crippen LogP contribution in [0.5, 0.6) is 0 Å². The molecule has 0 bridgehead atoms. The number of halogens is 3. The third-order valence-corrected chi connectivity index (χ3v) is 3.24. The standard InChI is InChI=1S/C14H15F3N2O3/c1-3-21-13(20)12-18-22-14(2,19(12)8-11(16)17)9-4-6-10(15)7-5-9/h4-7,11H,3,8H2,1-2H3. The quantitative estimate of drug-likeness (QED) is 0.783. The molecular weight excluding hydrogens is 301 g/mol. The van der Waals surface area contributed by atoms with Crippen LogP contribution in [-0.2, 0) is 20.1 Å². The molecule has 0 fully saturated rings. The van der Waals surface area contributed by atoms with E-state index in [1.54, 1.807) is 6.92 Å². The van der Waals surface area contributed by atoms with E-state index >= 15 is 0 Å². The van der Waals surface area contributed by atoms with E-state index in [1.165, 1.54) is 31.2 Å². The van der Waals surface area contributed by atoms with Crippen molar-refractivity contribution in [3.63, 3.8) is 0 Å². The van der Waals surface area contributed by atoms with Crippen LogP contribution in [0, 0.1) is 5.82 Å². The molecule has 1 aromatic rings. The molecule has 1 atom stereocenters. The number of rotatable bonds is 5. The van der Waals surface area contributed by atoms with E-state index in [4.69, 9.17) is 9.57 Å². The zero-order valence-electron chi connectivity index (χ0n) is 12.1. The summed E-state index contributed by atoms with van der Waals surface area (Å²) < 4.78 is 43.6. The maximum absolute atomic E-state index is 13.0. The normalized spacial score (nSPS) is 20.8. The van der Waals surface area contributed by atoms with Crippen LogP contribution < -0.4 is 0 Å². The number of amidine groups is 1. The fourth-order valence-electron chi connectivity index (χ4n) is 2.14. The second kappa shape index (κ2) is 6.25. The first-order chi connectivity index (χ1) is 10.4. The van der Waals surface area contributed by atoms with Crippen LogP contribution in [0.1, 0.15) is 19.4 Å². The van der Waals surface area contributed by atoms with E-state index in [-0.39, 0.29) is 12.4 Å². The van der Waals surface area contributed by atoms with E-state index in [1.807, 2.05) is 0 Å². The van der Waals surface area contributed by atoms with Gasteiger partial charge in [0.2, 0.25) is 5.72 Å². The Labute approximate surface area is 125 Å². The predicted molar refractivity (Wildman–Crippen MR) is 71.6 cm³/mol. The molecule has 0 aliphatic carbocycles. The summed E-state index contributed by atoms with van der Waals surface area (Å²) >= 11 is 0. The monoisotopic (exact) mass is 316 g/mol. The van der Waals surface area contributed by atoms with Crippen LogP contribution >= 0.6 is 0 Å². The van der Waals surface area contributed by atoms with Crippen molar-refractivity contribution in [1.82, 2.24) is 4.90 Å². The molecule has 2 rings (SSSR count). The lowest BCUT2D eigenvalue weighted by Gasteiger charge is -2.33. The number of esters is 1. The highest BCUT2D eigenvalue weighted by Gasteiger charge is 2.47. The van der Waals surface area contributed by atoms with Crippen molar-refractivity contribution in [3.8, 4) is 0 Å². The molecule has 120 valence electrons. The van der Waals surface area contributed by atoms with Crippen molar-refractivity contribution < 1.29 is 27.5 Å².